The smallest absolute Gasteiger partial charge is 0.343 e. The molecular weight excluding hydrogens is 406 g/mol. The Morgan fingerprint density at radius 2 is 1.58 bits per heavy atom. The van der Waals surface area contributed by atoms with Crippen LogP contribution in [0.4, 0.5) is 5.69 Å². The van der Waals surface area contributed by atoms with E-state index in [4.69, 9.17) is 14.9 Å². The van der Waals surface area contributed by atoms with Gasteiger partial charge in [-0.1, -0.05) is 0 Å². The zero-order valence-electron chi connectivity index (χ0n) is 15.7. The van der Waals surface area contributed by atoms with Crippen molar-refractivity contribution in [1.29, 1.82) is 0 Å². The first-order valence-electron chi connectivity index (χ1n) is 8.87. The Labute approximate surface area is 173 Å². The van der Waals surface area contributed by atoms with Crippen LogP contribution in [0.1, 0.15) is 10.4 Å². The van der Waals surface area contributed by atoms with Gasteiger partial charge >= 0.3 is 5.97 Å². The first-order chi connectivity index (χ1) is 14.7. The number of rotatable bonds is 3. The normalized spacial score (nSPS) is 10.8. The molecule has 4 rings (SSSR count). The second kappa shape index (κ2) is 7.30. The largest absolute Gasteiger partial charge is 0.508 e. The molecule has 0 atom stereocenters. The van der Waals surface area contributed by atoms with Gasteiger partial charge in [-0.15, -0.1) is 0 Å². The summed E-state index contributed by atoms with van der Waals surface area (Å²) in [6.07, 6.45) is 0. The van der Waals surface area contributed by atoms with Crippen molar-refractivity contribution in [2.24, 2.45) is 0 Å². The Kier molecular flexibility index (Phi) is 4.63. The molecule has 4 aromatic rings. The highest BCUT2D eigenvalue weighted by Crippen LogP contribution is 2.38. The number of hydrogen-bond donors (Lipinski definition) is 5. The number of nitrogen functional groups attached to an aromatic ring is 1. The van der Waals surface area contributed by atoms with E-state index in [9.17, 15) is 30.0 Å². The molecular formula is C22H15NO8. The van der Waals surface area contributed by atoms with Crippen LogP contribution in [0, 0.1) is 0 Å². The average Bonchev–Trinajstić information content (AvgIpc) is 2.71. The number of anilines is 1. The Morgan fingerprint density at radius 3 is 2.26 bits per heavy atom. The SMILES string of the molecule is Nc1ccc(C(=O)Oc2c(-c3ccc(O)c(O)c3)oc3cc(O)cc(O)c3c2=O)cc1. The van der Waals surface area contributed by atoms with Crippen LogP contribution in [0.5, 0.6) is 28.7 Å². The summed E-state index contributed by atoms with van der Waals surface area (Å²) in [4.78, 5) is 25.7. The summed E-state index contributed by atoms with van der Waals surface area (Å²) in [5.74, 6) is -3.57. The van der Waals surface area contributed by atoms with Gasteiger partial charge in [0.2, 0.25) is 11.2 Å². The van der Waals surface area contributed by atoms with Gasteiger partial charge in [0.15, 0.2) is 17.3 Å². The number of benzene rings is 3. The molecule has 9 heteroatoms. The number of carbonyl (C=O) groups excluding carboxylic acids is 1. The fourth-order valence-electron chi connectivity index (χ4n) is 2.99. The van der Waals surface area contributed by atoms with Crippen molar-refractivity contribution in [2.75, 3.05) is 5.73 Å². The summed E-state index contributed by atoms with van der Waals surface area (Å²) >= 11 is 0. The number of phenolic OH excluding ortho intramolecular Hbond substituents is 4. The molecule has 0 spiro atoms. The van der Waals surface area contributed by atoms with Gasteiger partial charge in [-0.25, -0.2) is 4.79 Å². The van der Waals surface area contributed by atoms with Gasteiger partial charge in [-0.05, 0) is 42.5 Å². The van der Waals surface area contributed by atoms with Crippen molar-refractivity contribution in [3.05, 3.63) is 70.4 Å². The third-order valence-electron chi connectivity index (χ3n) is 4.50. The maximum absolute atomic E-state index is 13.1. The molecule has 0 bridgehead atoms. The zero-order chi connectivity index (χ0) is 22.3. The number of carbonyl (C=O) groups is 1. The molecule has 9 nitrogen and oxygen atoms in total. The number of hydrogen-bond acceptors (Lipinski definition) is 9. The van der Waals surface area contributed by atoms with Crippen molar-refractivity contribution in [3.63, 3.8) is 0 Å². The van der Waals surface area contributed by atoms with E-state index in [-0.39, 0.29) is 33.6 Å². The molecule has 0 unspecified atom stereocenters. The minimum absolute atomic E-state index is 0.0947. The number of ether oxygens (including phenoxy) is 1. The van der Waals surface area contributed by atoms with E-state index >= 15 is 0 Å². The molecule has 31 heavy (non-hydrogen) atoms. The molecule has 156 valence electrons. The van der Waals surface area contributed by atoms with Crippen LogP contribution in [0.25, 0.3) is 22.3 Å². The molecule has 0 radical (unpaired) electrons. The topological polar surface area (TPSA) is 163 Å². The molecule has 0 saturated carbocycles. The van der Waals surface area contributed by atoms with Gasteiger partial charge in [0.25, 0.3) is 0 Å². The Morgan fingerprint density at radius 1 is 0.871 bits per heavy atom. The van der Waals surface area contributed by atoms with E-state index < -0.39 is 34.4 Å². The maximum Gasteiger partial charge on any atom is 0.343 e. The van der Waals surface area contributed by atoms with Crippen LogP contribution in [0.3, 0.4) is 0 Å². The van der Waals surface area contributed by atoms with Gasteiger partial charge < -0.3 is 35.3 Å². The van der Waals surface area contributed by atoms with E-state index in [1.165, 1.54) is 30.3 Å². The first kappa shape index (κ1) is 19.6. The summed E-state index contributed by atoms with van der Waals surface area (Å²) in [6, 6.07) is 11.4. The summed E-state index contributed by atoms with van der Waals surface area (Å²) in [5.41, 5.74) is 5.16. The summed E-state index contributed by atoms with van der Waals surface area (Å²) in [7, 11) is 0. The van der Waals surface area contributed by atoms with Crippen LogP contribution >= 0.6 is 0 Å². The second-order valence-electron chi connectivity index (χ2n) is 6.64. The number of phenols is 4. The average molecular weight is 421 g/mol. The van der Waals surface area contributed by atoms with E-state index in [0.29, 0.717) is 5.69 Å². The van der Waals surface area contributed by atoms with E-state index in [1.54, 1.807) is 0 Å². The quantitative estimate of drug-likeness (QED) is 0.190. The lowest BCUT2D eigenvalue weighted by atomic mass is 10.1. The fraction of sp³-hybridized carbons (Fsp3) is 0. The Hall–Kier alpha value is -4.66. The molecule has 0 saturated heterocycles. The predicted molar refractivity (Wildman–Crippen MR) is 110 cm³/mol. The van der Waals surface area contributed by atoms with Gasteiger partial charge in [0.1, 0.15) is 22.5 Å². The van der Waals surface area contributed by atoms with Crippen molar-refractivity contribution in [2.45, 2.75) is 0 Å². The first-order valence-corrected chi connectivity index (χ1v) is 8.87. The lowest BCUT2D eigenvalue weighted by Crippen LogP contribution is -2.16. The standard InChI is InChI=1S/C22H15NO8/c23-12-4-1-10(2-5-12)22(29)31-21-19(28)18-16(27)8-13(24)9-17(18)30-20(21)11-3-6-14(25)15(26)7-11/h1-9,24-27H,23H2. The summed E-state index contributed by atoms with van der Waals surface area (Å²) in [6.45, 7) is 0. The lowest BCUT2D eigenvalue weighted by Gasteiger charge is -2.12. The molecule has 0 fully saturated rings. The van der Waals surface area contributed by atoms with Crippen molar-refractivity contribution in [3.8, 4) is 40.1 Å². The minimum Gasteiger partial charge on any atom is -0.508 e. The highest BCUT2D eigenvalue weighted by Gasteiger charge is 2.24. The van der Waals surface area contributed by atoms with Crippen molar-refractivity contribution < 1.29 is 34.4 Å². The molecule has 0 aliphatic rings. The van der Waals surface area contributed by atoms with Crippen molar-refractivity contribution in [1.82, 2.24) is 0 Å². The molecule has 0 amide bonds. The molecule has 6 N–H and O–H groups in total. The third kappa shape index (κ3) is 3.55. The summed E-state index contributed by atoms with van der Waals surface area (Å²) < 4.78 is 11.0. The van der Waals surface area contributed by atoms with Crippen molar-refractivity contribution >= 4 is 22.6 Å². The lowest BCUT2D eigenvalue weighted by molar-refractivity contribution is 0.0731. The van der Waals surface area contributed by atoms with Crippen LogP contribution in [-0.4, -0.2) is 26.4 Å². The van der Waals surface area contributed by atoms with Gasteiger partial charge in [-0.2, -0.15) is 0 Å². The Balaban J connectivity index is 1.95. The van der Waals surface area contributed by atoms with Gasteiger partial charge in [0, 0.05) is 23.4 Å². The second-order valence-corrected chi connectivity index (χ2v) is 6.64. The zero-order valence-corrected chi connectivity index (χ0v) is 15.7. The number of fused-ring (bicyclic) bond motifs is 1. The Bertz CT molecular complexity index is 1390. The van der Waals surface area contributed by atoms with Gasteiger partial charge in [-0.3, -0.25) is 4.79 Å². The monoisotopic (exact) mass is 421 g/mol. The number of esters is 1. The predicted octanol–water partition coefficient (Wildman–Crippen LogP) is 3.08. The van der Waals surface area contributed by atoms with E-state index in [2.05, 4.69) is 0 Å². The van der Waals surface area contributed by atoms with Crippen LogP contribution in [-0.2, 0) is 0 Å². The molecule has 1 heterocycles. The fourth-order valence-corrected chi connectivity index (χ4v) is 2.99. The van der Waals surface area contributed by atoms with Crippen LogP contribution < -0.4 is 15.9 Å². The number of nitrogens with two attached hydrogens (primary N) is 1. The van der Waals surface area contributed by atoms with Crippen LogP contribution in [0.15, 0.2) is 63.8 Å². The molecule has 0 aliphatic carbocycles. The van der Waals surface area contributed by atoms with E-state index in [1.807, 2.05) is 0 Å². The van der Waals surface area contributed by atoms with E-state index in [0.717, 1.165) is 24.3 Å². The molecule has 1 aromatic heterocycles. The highest BCUT2D eigenvalue weighted by molar-refractivity contribution is 5.94. The maximum atomic E-state index is 13.1. The molecule has 0 aliphatic heterocycles. The molecule has 3 aromatic carbocycles. The minimum atomic E-state index is -0.894. The third-order valence-corrected chi connectivity index (χ3v) is 4.50. The van der Waals surface area contributed by atoms with Crippen LogP contribution in [0.2, 0.25) is 0 Å². The summed E-state index contributed by atoms with van der Waals surface area (Å²) in [5, 5.41) is 39.0. The highest BCUT2D eigenvalue weighted by atomic mass is 16.5. The van der Waals surface area contributed by atoms with Gasteiger partial charge in [0.05, 0.1) is 5.56 Å². The number of aromatic hydroxyl groups is 4.